The van der Waals surface area contributed by atoms with Gasteiger partial charge in [0.25, 0.3) is 11.6 Å². The molecule has 2 aromatic rings. The van der Waals surface area contributed by atoms with E-state index in [1.165, 1.54) is 12.3 Å². The molecule has 108 valence electrons. The highest BCUT2D eigenvalue weighted by atomic mass is 79.9. The van der Waals surface area contributed by atoms with E-state index in [2.05, 4.69) is 26.2 Å². The van der Waals surface area contributed by atoms with Gasteiger partial charge in [0.15, 0.2) is 0 Å². The van der Waals surface area contributed by atoms with Crippen LogP contribution in [0.4, 0.5) is 5.69 Å². The van der Waals surface area contributed by atoms with Crippen molar-refractivity contribution in [2.45, 2.75) is 13.5 Å². The molecule has 0 fully saturated rings. The SMILES string of the molecule is Cc1c(CNC(=O)c2ccc(Br)nc2)cccc1[N+](=O)[O-]. The van der Waals surface area contributed by atoms with Gasteiger partial charge in [-0.05, 0) is 40.5 Å². The van der Waals surface area contributed by atoms with Crippen LogP contribution in [0.25, 0.3) is 0 Å². The molecular weight excluding hydrogens is 338 g/mol. The number of carbonyl (C=O) groups excluding carboxylic acids is 1. The van der Waals surface area contributed by atoms with Crippen molar-refractivity contribution in [2.75, 3.05) is 0 Å². The van der Waals surface area contributed by atoms with Gasteiger partial charge in [0.2, 0.25) is 0 Å². The summed E-state index contributed by atoms with van der Waals surface area (Å²) < 4.78 is 0.647. The minimum atomic E-state index is -0.431. The van der Waals surface area contributed by atoms with E-state index in [0.29, 0.717) is 21.3 Å². The van der Waals surface area contributed by atoms with Gasteiger partial charge in [-0.15, -0.1) is 0 Å². The Hall–Kier alpha value is -2.28. The molecule has 0 bridgehead atoms. The third kappa shape index (κ3) is 3.63. The lowest BCUT2D eigenvalue weighted by atomic mass is 10.1. The molecule has 0 atom stereocenters. The number of rotatable bonds is 4. The van der Waals surface area contributed by atoms with Crippen LogP contribution in [0, 0.1) is 17.0 Å². The van der Waals surface area contributed by atoms with E-state index in [0.717, 1.165) is 0 Å². The molecule has 0 aliphatic carbocycles. The van der Waals surface area contributed by atoms with Gasteiger partial charge in [0.05, 0.1) is 10.5 Å². The number of nitrogens with one attached hydrogen (secondary N) is 1. The summed E-state index contributed by atoms with van der Waals surface area (Å²) >= 11 is 3.19. The van der Waals surface area contributed by atoms with Crippen molar-refractivity contribution >= 4 is 27.5 Å². The smallest absolute Gasteiger partial charge is 0.272 e. The van der Waals surface area contributed by atoms with E-state index in [1.807, 2.05) is 0 Å². The molecule has 6 nitrogen and oxygen atoms in total. The van der Waals surface area contributed by atoms with Gasteiger partial charge in [-0.25, -0.2) is 4.98 Å². The normalized spacial score (nSPS) is 10.2. The third-order valence-corrected chi connectivity index (χ3v) is 3.51. The van der Waals surface area contributed by atoms with Crippen molar-refractivity contribution in [3.05, 3.63) is 67.9 Å². The highest BCUT2D eigenvalue weighted by Crippen LogP contribution is 2.20. The van der Waals surface area contributed by atoms with Crippen LogP contribution >= 0.6 is 15.9 Å². The lowest BCUT2D eigenvalue weighted by molar-refractivity contribution is -0.385. The number of nitro groups is 1. The number of pyridine rings is 1. The first-order chi connectivity index (χ1) is 9.99. The quantitative estimate of drug-likeness (QED) is 0.522. The van der Waals surface area contributed by atoms with Gasteiger partial charge in [-0.3, -0.25) is 14.9 Å². The number of nitro benzene ring substituents is 1. The van der Waals surface area contributed by atoms with Crippen molar-refractivity contribution in [3.63, 3.8) is 0 Å². The Balaban J connectivity index is 2.10. The summed E-state index contributed by atoms with van der Waals surface area (Å²) in [6.45, 7) is 1.89. The molecule has 1 aromatic heterocycles. The van der Waals surface area contributed by atoms with Crippen molar-refractivity contribution in [1.82, 2.24) is 10.3 Å². The van der Waals surface area contributed by atoms with Gasteiger partial charge >= 0.3 is 0 Å². The number of nitrogens with zero attached hydrogens (tertiary/aromatic N) is 2. The number of amides is 1. The lowest BCUT2D eigenvalue weighted by Crippen LogP contribution is -2.23. The van der Waals surface area contributed by atoms with Crippen molar-refractivity contribution in [2.24, 2.45) is 0 Å². The van der Waals surface area contributed by atoms with Crippen molar-refractivity contribution in [1.29, 1.82) is 0 Å². The van der Waals surface area contributed by atoms with E-state index in [9.17, 15) is 14.9 Å². The maximum atomic E-state index is 12.0. The topological polar surface area (TPSA) is 85.1 Å². The number of halogens is 1. The maximum Gasteiger partial charge on any atom is 0.272 e. The molecule has 1 aromatic carbocycles. The molecule has 2 rings (SSSR count). The first kappa shape index (κ1) is 15.1. The van der Waals surface area contributed by atoms with E-state index in [-0.39, 0.29) is 18.1 Å². The molecule has 0 aliphatic rings. The first-order valence-electron chi connectivity index (χ1n) is 6.11. The van der Waals surface area contributed by atoms with Crippen LogP contribution in [0.3, 0.4) is 0 Å². The van der Waals surface area contributed by atoms with Gasteiger partial charge in [-0.1, -0.05) is 12.1 Å². The van der Waals surface area contributed by atoms with Gasteiger partial charge in [-0.2, -0.15) is 0 Å². The van der Waals surface area contributed by atoms with E-state index in [4.69, 9.17) is 0 Å². The summed E-state index contributed by atoms with van der Waals surface area (Å²) in [7, 11) is 0. The fourth-order valence-electron chi connectivity index (χ4n) is 1.85. The predicted molar refractivity (Wildman–Crippen MR) is 80.9 cm³/mol. The zero-order valence-electron chi connectivity index (χ0n) is 11.2. The standard InChI is InChI=1S/C14H12BrN3O3/c1-9-10(3-2-4-12(9)18(20)21)7-17-14(19)11-5-6-13(15)16-8-11/h2-6,8H,7H2,1H3,(H,17,19). The Kier molecular flexibility index (Phi) is 4.64. The molecule has 0 aliphatic heterocycles. The molecule has 1 heterocycles. The van der Waals surface area contributed by atoms with Crippen LogP contribution in [0.15, 0.2) is 41.1 Å². The van der Waals surface area contributed by atoms with Crippen molar-refractivity contribution < 1.29 is 9.72 Å². The summed E-state index contributed by atoms with van der Waals surface area (Å²) in [5.74, 6) is -0.277. The predicted octanol–water partition coefficient (Wildman–Crippen LogP) is 2.99. The van der Waals surface area contributed by atoms with Gasteiger partial charge in [0.1, 0.15) is 4.60 Å². The Bertz CT molecular complexity index is 686. The monoisotopic (exact) mass is 349 g/mol. The minimum absolute atomic E-state index is 0.0482. The summed E-state index contributed by atoms with van der Waals surface area (Å²) in [5.41, 5.74) is 1.74. The molecule has 0 unspecified atom stereocenters. The fraction of sp³-hybridized carbons (Fsp3) is 0.143. The maximum absolute atomic E-state index is 12.0. The van der Waals surface area contributed by atoms with Crippen LogP contribution in [0.2, 0.25) is 0 Å². The second kappa shape index (κ2) is 6.45. The largest absolute Gasteiger partial charge is 0.348 e. The van der Waals surface area contributed by atoms with Crippen LogP contribution in [0.5, 0.6) is 0 Å². The molecule has 1 N–H and O–H groups in total. The number of hydrogen-bond donors (Lipinski definition) is 1. The zero-order chi connectivity index (χ0) is 15.4. The molecule has 1 amide bonds. The fourth-order valence-corrected chi connectivity index (χ4v) is 2.08. The second-order valence-electron chi connectivity index (χ2n) is 4.37. The molecule has 7 heteroatoms. The Morgan fingerprint density at radius 2 is 2.14 bits per heavy atom. The Labute approximate surface area is 129 Å². The number of benzene rings is 1. The number of aromatic nitrogens is 1. The highest BCUT2D eigenvalue weighted by Gasteiger charge is 2.14. The summed E-state index contributed by atoms with van der Waals surface area (Å²) in [6, 6.07) is 8.12. The second-order valence-corrected chi connectivity index (χ2v) is 5.18. The lowest BCUT2D eigenvalue weighted by Gasteiger charge is -2.08. The minimum Gasteiger partial charge on any atom is -0.348 e. The average molecular weight is 350 g/mol. The van der Waals surface area contributed by atoms with Crippen LogP contribution in [0.1, 0.15) is 21.5 Å². The highest BCUT2D eigenvalue weighted by molar-refractivity contribution is 9.10. The molecule has 0 saturated carbocycles. The number of carbonyl (C=O) groups is 1. The Morgan fingerprint density at radius 1 is 1.38 bits per heavy atom. The third-order valence-electron chi connectivity index (χ3n) is 3.04. The Morgan fingerprint density at radius 3 is 2.76 bits per heavy atom. The van der Waals surface area contributed by atoms with E-state index in [1.54, 1.807) is 31.2 Å². The van der Waals surface area contributed by atoms with Crippen molar-refractivity contribution in [3.8, 4) is 0 Å². The van der Waals surface area contributed by atoms with E-state index >= 15 is 0 Å². The molecule has 0 saturated heterocycles. The molecule has 0 spiro atoms. The molecule has 21 heavy (non-hydrogen) atoms. The van der Waals surface area contributed by atoms with Crippen LogP contribution in [-0.4, -0.2) is 15.8 Å². The van der Waals surface area contributed by atoms with E-state index < -0.39 is 4.92 Å². The first-order valence-corrected chi connectivity index (χ1v) is 6.91. The number of hydrogen-bond acceptors (Lipinski definition) is 4. The molecule has 0 radical (unpaired) electrons. The summed E-state index contributed by atoms with van der Waals surface area (Å²) in [5, 5.41) is 13.6. The zero-order valence-corrected chi connectivity index (χ0v) is 12.8. The summed E-state index contributed by atoms with van der Waals surface area (Å²) in [6.07, 6.45) is 1.46. The molecular formula is C14H12BrN3O3. The average Bonchev–Trinajstić information content (AvgIpc) is 2.46. The van der Waals surface area contributed by atoms with Crippen LogP contribution < -0.4 is 5.32 Å². The van der Waals surface area contributed by atoms with Gasteiger partial charge in [0, 0.05) is 24.4 Å². The summed E-state index contributed by atoms with van der Waals surface area (Å²) in [4.78, 5) is 26.4. The van der Waals surface area contributed by atoms with Gasteiger partial charge < -0.3 is 5.32 Å². The van der Waals surface area contributed by atoms with Crippen LogP contribution in [-0.2, 0) is 6.54 Å².